The van der Waals surface area contributed by atoms with E-state index >= 15 is 0 Å². The first-order valence-corrected chi connectivity index (χ1v) is 38.8. The quantitative estimate of drug-likeness (QED) is 0.0187. The number of allylic oxidation sites excluding steroid dienone is 2. The first-order valence-electron chi connectivity index (χ1n) is 38.8. The summed E-state index contributed by atoms with van der Waals surface area (Å²) in [6.45, 7) is 24.0. The van der Waals surface area contributed by atoms with Crippen LogP contribution in [0.5, 0.6) is 0 Å². The van der Waals surface area contributed by atoms with E-state index in [0.717, 1.165) is 155 Å². The van der Waals surface area contributed by atoms with Gasteiger partial charge in [-0.05, 0) is 133 Å². The van der Waals surface area contributed by atoms with Gasteiger partial charge in [0.05, 0.1) is 19.3 Å². The molecule has 0 bridgehead atoms. The number of benzene rings is 4. The summed E-state index contributed by atoms with van der Waals surface area (Å²) in [4.78, 5) is 96.9. The molecule has 0 amide bonds. The molecule has 0 fully saturated rings. The van der Waals surface area contributed by atoms with Crippen LogP contribution < -0.4 is 5.11 Å². The second-order valence-electron chi connectivity index (χ2n) is 28.9. The Kier molecular flexibility index (Phi) is 54.0. The first-order chi connectivity index (χ1) is 50.7. The number of likely N-dealkylation sites (N-methyl/N-ethyl adjacent to an activating group) is 2. The Morgan fingerprint density at radius 1 is 0.406 bits per heavy atom. The molecule has 588 valence electrons. The standard InChI is InChI=1S/2C23H40O8.2C21H25N/c2*1-3-5-7-9-11-13-21(26)29-17-19(31-23(28)16-15-20(24)25)18-30-22(27)14-12-10-8-6-4-2;2*1-21(2,3)15-8-5-9-16-22(4)17-19-13-10-12-18-11-6-7-14-20(18)19/h2*19H,3-18H2,1-2H3,(H,24,25);2*5-7,9-14H,16-17H2,1-4H3/p-1/b;;2*9-5+. The molecule has 0 radical (unpaired) electrons. The summed E-state index contributed by atoms with van der Waals surface area (Å²) in [6.07, 6.45) is 25.8. The molecule has 0 aromatic heterocycles. The predicted molar refractivity (Wildman–Crippen MR) is 422 cm³/mol. The highest BCUT2D eigenvalue weighted by atomic mass is 16.6. The lowest BCUT2D eigenvalue weighted by molar-refractivity contribution is -0.305. The Morgan fingerprint density at radius 3 is 1.01 bits per heavy atom. The molecule has 18 heteroatoms. The SMILES string of the molecule is CCCCCCCC(=O)OCC(COC(=O)CCCCCCC)OC(=O)CCC(=O)O.CCCCCCCC(=O)OCC(COC(=O)CCCCCCC)OC(=O)CCC(=O)[O-].CN(C/C=C/C#CC(C)(C)C)Cc1cccc2ccccc12.CN(C/C=C/C#CC(C)(C)C)Cc1cccc2ccccc12. The smallest absolute Gasteiger partial charge is 0.306 e. The lowest BCUT2D eigenvalue weighted by atomic mass is 9.98. The van der Waals surface area contributed by atoms with Crippen LogP contribution in [0.1, 0.15) is 260 Å². The number of hydrogen-bond acceptors (Lipinski definition) is 17. The number of carbonyl (C=O) groups is 8. The van der Waals surface area contributed by atoms with Gasteiger partial charge in [0, 0.05) is 68.7 Å². The average Bonchev–Trinajstić information content (AvgIpc) is 0.836. The van der Waals surface area contributed by atoms with Gasteiger partial charge in [0.1, 0.15) is 26.4 Å². The fraction of sp³-hybridized carbons (Fsp3) is 0.591. The lowest BCUT2D eigenvalue weighted by Crippen LogP contribution is -2.31. The van der Waals surface area contributed by atoms with Crippen LogP contribution in [0.4, 0.5) is 0 Å². The van der Waals surface area contributed by atoms with Gasteiger partial charge >= 0.3 is 41.8 Å². The van der Waals surface area contributed by atoms with E-state index < -0.39 is 66.4 Å². The summed E-state index contributed by atoms with van der Waals surface area (Å²) >= 11 is 0. The highest BCUT2D eigenvalue weighted by Gasteiger charge is 2.22. The van der Waals surface area contributed by atoms with Gasteiger partial charge in [-0.1, -0.05) is 251 Å². The number of carbonyl (C=O) groups excluding carboxylic acids is 7. The number of carboxylic acids is 2. The molecule has 106 heavy (non-hydrogen) atoms. The highest BCUT2D eigenvalue weighted by molar-refractivity contribution is 5.86. The van der Waals surface area contributed by atoms with Gasteiger partial charge in [0.2, 0.25) is 0 Å². The number of ether oxygens (including phenoxy) is 6. The summed E-state index contributed by atoms with van der Waals surface area (Å²) < 4.78 is 31.0. The van der Waals surface area contributed by atoms with Gasteiger partial charge in [-0.15, -0.1) is 0 Å². The van der Waals surface area contributed by atoms with Gasteiger partial charge in [-0.2, -0.15) is 0 Å². The summed E-state index contributed by atoms with van der Waals surface area (Å²) in [5.41, 5.74) is 2.88. The molecule has 4 aromatic rings. The fourth-order valence-electron chi connectivity index (χ4n) is 10.3. The minimum atomic E-state index is -1.36. The van der Waals surface area contributed by atoms with Gasteiger partial charge in [-0.25, -0.2) is 0 Å². The largest absolute Gasteiger partial charge is 0.550 e. The van der Waals surface area contributed by atoms with E-state index in [0.29, 0.717) is 0 Å². The number of nitrogens with zero attached hydrogens (tertiary/aromatic N) is 2. The lowest BCUT2D eigenvalue weighted by Gasteiger charge is -2.18. The van der Waals surface area contributed by atoms with Gasteiger partial charge in [0.15, 0.2) is 12.2 Å². The Labute approximate surface area is 635 Å². The van der Waals surface area contributed by atoms with E-state index in [1.807, 2.05) is 12.2 Å². The normalized spacial score (nSPS) is 11.2. The number of hydrogen-bond donors (Lipinski definition) is 1. The maximum Gasteiger partial charge on any atom is 0.306 e. The Hall–Kier alpha value is -8.32. The number of aliphatic carboxylic acids is 2. The zero-order valence-corrected chi connectivity index (χ0v) is 66.5. The van der Waals surface area contributed by atoms with E-state index in [4.69, 9.17) is 33.5 Å². The molecule has 1 N–H and O–H groups in total. The van der Waals surface area contributed by atoms with E-state index in [-0.39, 0.29) is 82.2 Å². The van der Waals surface area contributed by atoms with Gasteiger partial charge < -0.3 is 43.4 Å². The van der Waals surface area contributed by atoms with E-state index in [9.17, 15) is 43.5 Å². The minimum absolute atomic E-state index is 0.0686. The monoisotopic (exact) mass is 1470 g/mol. The van der Waals surface area contributed by atoms with Crippen molar-refractivity contribution in [3.05, 3.63) is 120 Å². The fourth-order valence-corrected chi connectivity index (χ4v) is 10.3. The van der Waals surface area contributed by atoms with Crippen molar-refractivity contribution in [3.63, 3.8) is 0 Å². The zero-order chi connectivity index (χ0) is 78.6. The third-order valence-corrected chi connectivity index (χ3v) is 16.1. The van der Waals surface area contributed by atoms with Crippen LogP contribution in [0.15, 0.2) is 109 Å². The van der Waals surface area contributed by atoms with Crippen molar-refractivity contribution in [2.75, 3.05) is 53.6 Å². The zero-order valence-electron chi connectivity index (χ0n) is 66.5. The number of fused-ring (bicyclic) bond motifs is 2. The van der Waals surface area contributed by atoms with Crippen LogP contribution in [-0.4, -0.2) is 128 Å². The van der Waals surface area contributed by atoms with Crippen LogP contribution in [0.3, 0.4) is 0 Å². The topological polar surface area (TPSA) is 242 Å². The second kappa shape index (κ2) is 59.8. The van der Waals surface area contributed by atoms with Crippen molar-refractivity contribution >= 4 is 69.3 Å². The van der Waals surface area contributed by atoms with Crippen molar-refractivity contribution in [1.29, 1.82) is 0 Å². The van der Waals surface area contributed by atoms with Crippen molar-refractivity contribution in [2.45, 2.75) is 274 Å². The van der Waals surface area contributed by atoms with Crippen LogP contribution in [0.25, 0.3) is 21.5 Å². The highest BCUT2D eigenvalue weighted by Crippen LogP contribution is 2.22. The molecule has 4 rings (SSSR count). The second-order valence-corrected chi connectivity index (χ2v) is 28.9. The molecule has 0 heterocycles. The number of esters is 6. The first kappa shape index (κ1) is 95.7. The molecule has 0 unspecified atom stereocenters. The van der Waals surface area contributed by atoms with E-state index in [1.165, 1.54) is 32.7 Å². The summed E-state index contributed by atoms with van der Waals surface area (Å²) in [6, 6.07) is 30.1. The maximum atomic E-state index is 11.9. The molecule has 0 atom stereocenters. The molecule has 0 aliphatic carbocycles. The van der Waals surface area contributed by atoms with Crippen molar-refractivity contribution in [3.8, 4) is 23.7 Å². The minimum Gasteiger partial charge on any atom is -0.550 e. The maximum absolute atomic E-state index is 11.9. The molecule has 0 saturated carbocycles. The van der Waals surface area contributed by atoms with Crippen molar-refractivity contribution < 1.29 is 77.0 Å². The molecule has 0 aliphatic heterocycles. The predicted octanol–water partition coefficient (Wildman–Crippen LogP) is 17.6. The third kappa shape index (κ3) is 54.3. The van der Waals surface area contributed by atoms with Crippen LogP contribution in [0.2, 0.25) is 0 Å². The number of unbranched alkanes of at least 4 members (excludes halogenated alkanes) is 16. The molecule has 0 spiro atoms. The van der Waals surface area contributed by atoms with Crippen LogP contribution in [0, 0.1) is 34.5 Å². The molecule has 18 nitrogen and oxygen atoms in total. The summed E-state index contributed by atoms with van der Waals surface area (Å²) in [5.74, 6) is 7.06. The summed E-state index contributed by atoms with van der Waals surface area (Å²) in [5, 5.41) is 24.5. The van der Waals surface area contributed by atoms with E-state index in [2.05, 4.69) is 214 Å². The molecule has 0 saturated heterocycles. The van der Waals surface area contributed by atoms with Crippen molar-refractivity contribution in [1.82, 2.24) is 9.80 Å². The Morgan fingerprint density at radius 2 is 0.708 bits per heavy atom. The molecular formula is C88H129N2O16-. The molecule has 0 aliphatic rings. The van der Waals surface area contributed by atoms with Crippen molar-refractivity contribution in [2.24, 2.45) is 10.8 Å². The van der Waals surface area contributed by atoms with Gasteiger partial charge in [0.25, 0.3) is 0 Å². The van der Waals surface area contributed by atoms with Gasteiger partial charge in [-0.3, -0.25) is 43.4 Å². The Balaban J connectivity index is 0.000000714. The average molecular weight is 1470 g/mol. The Bertz CT molecular complexity index is 3050. The third-order valence-electron chi connectivity index (χ3n) is 16.1. The number of carboxylic acid groups (broad SMARTS) is 2. The van der Waals surface area contributed by atoms with Crippen LogP contribution in [-0.2, 0) is 79.9 Å². The van der Waals surface area contributed by atoms with E-state index in [1.54, 1.807) is 0 Å². The summed E-state index contributed by atoms with van der Waals surface area (Å²) in [7, 11) is 4.28. The molecule has 4 aromatic carbocycles. The van der Waals surface area contributed by atoms with Crippen LogP contribution >= 0.6 is 0 Å². The number of rotatable bonds is 48. The molecular weight excluding hydrogens is 1340 g/mol.